The van der Waals surface area contributed by atoms with Crippen LogP contribution in [0.3, 0.4) is 0 Å². The summed E-state index contributed by atoms with van der Waals surface area (Å²) in [4.78, 5) is -0.445. The summed E-state index contributed by atoms with van der Waals surface area (Å²) in [5, 5.41) is 0. The summed E-state index contributed by atoms with van der Waals surface area (Å²) in [6, 6.07) is 3.75. The average Bonchev–Trinajstić information content (AvgIpc) is 2.14. The van der Waals surface area contributed by atoms with E-state index in [1.165, 1.54) is 12.1 Å². The summed E-state index contributed by atoms with van der Waals surface area (Å²) in [6.45, 7) is 2.04. The molecule has 1 aliphatic carbocycles. The van der Waals surface area contributed by atoms with Crippen LogP contribution in [-0.2, 0) is 10.0 Å². The van der Waals surface area contributed by atoms with Gasteiger partial charge in [0.15, 0.2) is 0 Å². The van der Waals surface area contributed by atoms with E-state index >= 15 is 0 Å². The molecule has 0 spiro atoms. The van der Waals surface area contributed by atoms with Crippen molar-refractivity contribution < 1.29 is 12.8 Å². The SMILES string of the molecule is CC1CC(NS(=O)(=O)c2c(N)cccc2F)C1. The van der Waals surface area contributed by atoms with Crippen LogP contribution < -0.4 is 10.5 Å². The van der Waals surface area contributed by atoms with Gasteiger partial charge in [0.1, 0.15) is 10.7 Å². The molecule has 17 heavy (non-hydrogen) atoms. The summed E-state index contributed by atoms with van der Waals surface area (Å²) in [5.74, 6) is -0.300. The molecular weight excluding hydrogens is 243 g/mol. The molecule has 1 saturated carbocycles. The first kappa shape index (κ1) is 12.3. The van der Waals surface area contributed by atoms with Gasteiger partial charge in [0.05, 0.1) is 5.69 Å². The number of nitrogen functional groups attached to an aromatic ring is 1. The molecule has 4 nitrogen and oxygen atoms in total. The first-order chi connectivity index (χ1) is 7.90. The molecule has 1 aromatic carbocycles. The van der Waals surface area contributed by atoms with E-state index in [0.29, 0.717) is 5.92 Å². The van der Waals surface area contributed by atoms with Crippen molar-refractivity contribution in [3.8, 4) is 0 Å². The maximum absolute atomic E-state index is 13.5. The predicted octanol–water partition coefficient (Wildman–Crippen LogP) is 1.48. The van der Waals surface area contributed by atoms with E-state index in [1.54, 1.807) is 0 Å². The first-order valence-electron chi connectivity index (χ1n) is 5.46. The quantitative estimate of drug-likeness (QED) is 0.807. The number of hydrogen-bond acceptors (Lipinski definition) is 3. The third-order valence-corrected chi connectivity index (χ3v) is 4.57. The fourth-order valence-corrected chi connectivity index (χ4v) is 3.54. The van der Waals surface area contributed by atoms with Crippen molar-refractivity contribution in [2.75, 3.05) is 5.73 Å². The Hall–Kier alpha value is -1.14. The highest BCUT2D eigenvalue weighted by Gasteiger charge is 2.31. The fraction of sp³-hybridized carbons (Fsp3) is 0.455. The Kier molecular flexibility index (Phi) is 3.09. The summed E-state index contributed by atoms with van der Waals surface area (Å²) in [6.07, 6.45) is 1.57. The Labute approximate surface area is 100 Å². The molecule has 0 heterocycles. The van der Waals surface area contributed by atoms with Crippen LogP contribution in [0.1, 0.15) is 19.8 Å². The van der Waals surface area contributed by atoms with E-state index in [0.717, 1.165) is 18.9 Å². The van der Waals surface area contributed by atoms with Gasteiger partial charge in [0.2, 0.25) is 10.0 Å². The molecule has 1 fully saturated rings. The molecule has 6 heteroatoms. The second kappa shape index (κ2) is 4.27. The summed E-state index contributed by atoms with van der Waals surface area (Å²) in [5.41, 5.74) is 5.45. The van der Waals surface area contributed by atoms with E-state index in [2.05, 4.69) is 4.72 Å². The molecule has 3 N–H and O–H groups in total. The molecule has 94 valence electrons. The standard InChI is InChI=1S/C11H15FN2O2S/c1-7-5-8(6-7)14-17(15,16)11-9(12)3-2-4-10(11)13/h2-4,7-8,14H,5-6,13H2,1H3. The number of halogens is 1. The van der Waals surface area contributed by atoms with Gasteiger partial charge in [0.25, 0.3) is 0 Å². The number of nitrogens with one attached hydrogen (secondary N) is 1. The fourth-order valence-electron chi connectivity index (χ4n) is 2.09. The van der Waals surface area contributed by atoms with Crippen molar-refractivity contribution in [1.29, 1.82) is 0 Å². The molecule has 0 bridgehead atoms. The molecule has 0 unspecified atom stereocenters. The van der Waals surface area contributed by atoms with Crippen molar-refractivity contribution in [1.82, 2.24) is 4.72 Å². The van der Waals surface area contributed by atoms with Crippen molar-refractivity contribution in [2.24, 2.45) is 5.92 Å². The summed E-state index contributed by atoms with van der Waals surface area (Å²) >= 11 is 0. The number of sulfonamides is 1. The van der Waals surface area contributed by atoms with Gasteiger partial charge in [-0.1, -0.05) is 13.0 Å². The second-order valence-electron chi connectivity index (χ2n) is 4.55. The maximum atomic E-state index is 13.5. The van der Waals surface area contributed by atoms with Gasteiger partial charge in [-0.25, -0.2) is 17.5 Å². The van der Waals surface area contributed by atoms with Gasteiger partial charge < -0.3 is 5.73 Å². The van der Waals surface area contributed by atoms with Crippen molar-refractivity contribution in [3.63, 3.8) is 0 Å². The third kappa shape index (κ3) is 2.42. The van der Waals surface area contributed by atoms with Crippen LogP contribution in [0.4, 0.5) is 10.1 Å². The highest BCUT2D eigenvalue weighted by atomic mass is 32.2. The minimum Gasteiger partial charge on any atom is -0.398 e. The van der Waals surface area contributed by atoms with E-state index in [1.807, 2.05) is 6.92 Å². The molecule has 0 saturated heterocycles. The highest BCUT2D eigenvalue weighted by Crippen LogP contribution is 2.29. The van der Waals surface area contributed by atoms with Crippen molar-refractivity contribution in [2.45, 2.75) is 30.7 Å². The van der Waals surface area contributed by atoms with Gasteiger partial charge in [-0.3, -0.25) is 0 Å². The predicted molar refractivity (Wildman–Crippen MR) is 63.3 cm³/mol. The monoisotopic (exact) mass is 258 g/mol. The number of benzene rings is 1. The number of rotatable bonds is 3. The number of hydrogen-bond donors (Lipinski definition) is 2. The van der Waals surface area contributed by atoms with Crippen LogP contribution in [0.5, 0.6) is 0 Å². The maximum Gasteiger partial charge on any atom is 0.245 e. The lowest BCUT2D eigenvalue weighted by Crippen LogP contribution is -2.43. The Bertz CT molecular complexity index is 504. The van der Waals surface area contributed by atoms with Gasteiger partial charge in [0, 0.05) is 6.04 Å². The molecule has 1 aliphatic rings. The largest absolute Gasteiger partial charge is 0.398 e. The number of anilines is 1. The van der Waals surface area contributed by atoms with Crippen LogP contribution >= 0.6 is 0 Å². The molecule has 1 aromatic rings. The molecule has 0 aromatic heterocycles. The second-order valence-corrected chi connectivity index (χ2v) is 6.20. The lowest BCUT2D eigenvalue weighted by molar-refractivity contribution is 0.270. The smallest absolute Gasteiger partial charge is 0.245 e. The summed E-state index contributed by atoms with van der Waals surface area (Å²) in [7, 11) is -3.86. The molecule has 0 amide bonds. The van der Waals surface area contributed by atoms with Gasteiger partial charge in [-0.2, -0.15) is 0 Å². The lowest BCUT2D eigenvalue weighted by atomic mass is 9.83. The molecule has 2 rings (SSSR count). The van der Waals surface area contributed by atoms with Gasteiger partial charge in [-0.05, 0) is 30.9 Å². The van der Waals surface area contributed by atoms with Gasteiger partial charge >= 0.3 is 0 Å². The van der Waals surface area contributed by atoms with Crippen LogP contribution in [0.15, 0.2) is 23.1 Å². The molecule has 0 aliphatic heterocycles. The Morgan fingerprint density at radius 3 is 2.59 bits per heavy atom. The minimum atomic E-state index is -3.86. The van der Waals surface area contributed by atoms with Crippen LogP contribution in [0.2, 0.25) is 0 Å². The summed E-state index contributed by atoms with van der Waals surface area (Å²) < 4.78 is 39.9. The van der Waals surface area contributed by atoms with E-state index in [9.17, 15) is 12.8 Å². The Morgan fingerprint density at radius 1 is 1.41 bits per heavy atom. The lowest BCUT2D eigenvalue weighted by Gasteiger charge is -2.33. The van der Waals surface area contributed by atoms with E-state index in [-0.39, 0.29) is 11.7 Å². The van der Waals surface area contributed by atoms with Crippen molar-refractivity contribution >= 4 is 15.7 Å². The van der Waals surface area contributed by atoms with Crippen LogP contribution in [0.25, 0.3) is 0 Å². The van der Waals surface area contributed by atoms with E-state index in [4.69, 9.17) is 5.73 Å². The van der Waals surface area contributed by atoms with Crippen LogP contribution in [0, 0.1) is 11.7 Å². The first-order valence-corrected chi connectivity index (χ1v) is 6.95. The Balaban J connectivity index is 2.26. The molecule has 0 atom stereocenters. The normalized spacial score (nSPS) is 24.4. The number of nitrogens with two attached hydrogens (primary N) is 1. The topological polar surface area (TPSA) is 72.2 Å². The zero-order valence-electron chi connectivity index (χ0n) is 9.48. The van der Waals surface area contributed by atoms with Crippen molar-refractivity contribution in [3.05, 3.63) is 24.0 Å². The van der Waals surface area contributed by atoms with Gasteiger partial charge in [-0.15, -0.1) is 0 Å². The highest BCUT2D eigenvalue weighted by molar-refractivity contribution is 7.89. The average molecular weight is 258 g/mol. The molecular formula is C11H15FN2O2S. The zero-order chi connectivity index (χ0) is 12.6. The minimum absolute atomic E-state index is 0.0649. The zero-order valence-corrected chi connectivity index (χ0v) is 10.3. The molecule has 0 radical (unpaired) electrons. The third-order valence-electron chi connectivity index (χ3n) is 2.96. The van der Waals surface area contributed by atoms with Crippen LogP contribution in [-0.4, -0.2) is 14.5 Å². The van der Waals surface area contributed by atoms with E-state index < -0.39 is 20.7 Å². The Morgan fingerprint density at radius 2 is 2.06 bits per heavy atom.